The second kappa shape index (κ2) is 5.33. The molecule has 104 valence electrons. The molecule has 3 N–H and O–H groups in total. The number of nitrogens with two attached hydrogens (primary N) is 1. The van der Waals surface area contributed by atoms with Crippen molar-refractivity contribution in [2.75, 3.05) is 31.0 Å². The molecule has 0 spiro atoms. The van der Waals surface area contributed by atoms with E-state index in [4.69, 9.17) is 10.5 Å². The molecule has 2 rings (SSSR count). The van der Waals surface area contributed by atoms with Crippen LogP contribution in [0.5, 0.6) is 0 Å². The number of methoxy groups -OCH3 is 1. The number of benzene rings is 1. The van der Waals surface area contributed by atoms with Crippen molar-refractivity contribution in [3.05, 3.63) is 23.3 Å². The number of carbonyl (C=O) groups is 1. The van der Waals surface area contributed by atoms with E-state index in [1.807, 2.05) is 24.8 Å². The van der Waals surface area contributed by atoms with Crippen molar-refractivity contribution in [1.82, 2.24) is 0 Å². The Labute approximate surface area is 118 Å². The highest BCUT2D eigenvalue weighted by atomic mass is 32.2. The zero-order valence-electron chi connectivity index (χ0n) is 11.6. The number of nitrogens with one attached hydrogen (secondary N) is 1. The SMILES string of the molecule is COC(=O)c1cc(NCC2(SC)CC2)cc(C)c1N. The molecule has 0 bridgehead atoms. The first-order chi connectivity index (χ1) is 9.01. The second-order valence-electron chi connectivity index (χ2n) is 4.99. The van der Waals surface area contributed by atoms with Crippen molar-refractivity contribution in [2.45, 2.75) is 24.5 Å². The molecule has 1 aliphatic rings. The van der Waals surface area contributed by atoms with Crippen LogP contribution < -0.4 is 11.1 Å². The Balaban J connectivity index is 2.17. The van der Waals surface area contributed by atoms with Crippen molar-refractivity contribution in [3.8, 4) is 0 Å². The molecular weight excluding hydrogens is 260 g/mol. The predicted octanol–water partition coefficient (Wildman–Crippen LogP) is 2.67. The third-order valence-electron chi connectivity index (χ3n) is 3.65. The maximum absolute atomic E-state index is 11.7. The van der Waals surface area contributed by atoms with Crippen LogP contribution in [-0.4, -0.2) is 30.6 Å². The quantitative estimate of drug-likeness (QED) is 0.641. The van der Waals surface area contributed by atoms with Crippen molar-refractivity contribution >= 4 is 29.1 Å². The van der Waals surface area contributed by atoms with E-state index in [2.05, 4.69) is 11.6 Å². The standard InChI is InChI=1S/C14H20N2O2S/c1-9-6-10(16-8-14(19-3)4-5-14)7-11(12(9)15)13(17)18-2/h6-7,16H,4-5,8,15H2,1-3H3. The minimum atomic E-state index is -0.393. The molecule has 4 nitrogen and oxygen atoms in total. The van der Waals surface area contributed by atoms with Gasteiger partial charge in [0.2, 0.25) is 0 Å². The summed E-state index contributed by atoms with van der Waals surface area (Å²) >= 11 is 1.90. The van der Waals surface area contributed by atoms with Gasteiger partial charge in [-0.2, -0.15) is 11.8 Å². The molecule has 5 heteroatoms. The lowest BCUT2D eigenvalue weighted by Gasteiger charge is -2.16. The molecular formula is C14H20N2O2S. The fraction of sp³-hybridized carbons (Fsp3) is 0.500. The van der Waals surface area contributed by atoms with Crippen LogP contribution in [0.2, 0.25) is 0 Å². The van der Waals surface area contributed by atoms with Crippen LogP contribution in [0.3, 0.4) is 0 Å². The van der Waals surface area contributed by atoms with Gasteiger partial charge in [-0.1, -0.05) is 0 Å². The zero-order valence-corrected chi connectivity index (χ0v) is 12.4. The van der Waals surface area contributed by atoms with E-state index < -0.39 is 5.97 Å². The molecule has 0 heterocycles. The van der Waals surface area contributed by atoms with E-state index in [0.29, 0.717) is 16.0 Å². The molecule has 1 saturated carbocycles. The van der Waals surface area contributed by atoms with Crippen LogP contribution in [0, 0.1) is 6.92 Å². The van der Waals surface area contributed by atoms with Crippen molar-refractivity contribution in [3.63, 3.8) is 0 Å². The Bertz CT molecular complexity index is 498. The topological polar surface area (TPSA) is 64.3 Å². The van der Waals surface area contributed by atoms with Crippen molar-refractivity contribution in [2.24, 2.45) is 0 Å². The Morgan fingerprint density at radius 1 is 1.53 bits per heavy atom. The predicted molar refractivity (Wildman–Crippen MR) is 80.9 cm³/mol. The highest BCUT2D eigenvalue weighted by Crippen LogP contribution is 2.47. The minimum Gasteiger partial charge on any atom is -0.465 e. The van der Waals surface area contributed by atoms with E-state index in [-0.39, 0.29) is 0 Å². The van der Waals surface area contributed by atoms with Gasteiger partial charge in [0.15, 0.2) is 0 Å². The number of carbonyl (C=O) groups excluding carboxylic acids is 1. The maximum Gasteiger partial charge on any atom is 0.340 e. The van der Waals surface area contributed by atoms with Gasteiger partial charge in [0.05, 0.1) is 12.7 Å². The summed E-state index contributed by atoms with van der Waals surface area (Å²) in [5.41, 5.74) is 8.65. The van der Waals surface area contributed by atoms with Gasteiger partial charge in [0.25, 0.3) is 0 Å². The van der Waals surface area contributed by atoms with Crippen LogP contribution in [0.4, 0.5) is 11.4 Å². The summed E-state index contributed by atoms with van der Waals surface area (Å²) in [5, 5.41) is 3.40. The number of hydrogen-bond acceptors (Lipinski definition) is 5. The van der Waals surface area contributed by atoms with E-state index in [0.717, 1.165) is 17.8 Å². The lowest BCUT2D eigenvalue weighted by atomic mass is 10.1. The molecule has 0 aliphatic heterocycles. The Hall–Kier alpha value is -1.36. The van der Waals surface area contributed by atoms with E-state index in [1.54, 1.807) is 6.07 Å². The van der Waals surface area contributed by atoms with Gasteiger partial charge >= 0.3 is 5.97 Å². The molecule has 0 unspecified atom stereocenters. The molecule has 0 saturated heterocycles. The summed E-state index contributed by atoms with van der Waals surface area (Å²) in [7, 11) is 1.37. The molecule has 0 radical (unpaired) electrons. The van der Waals surface area contributed by atoms with E-state index in [1.165, 1.54) is 20.0 Å². The van der Waals surface area contributed by atoms with Crippen LogP contribution in [-0.2, 0) is 4.74 Å². The summed E-state index contributed by atoms with van der Waals surface area (Å²) in [6.45, 7) is 2.81. The molecule has 0 atom stereocenters. The lowest BCUT2D eigenvalue weighted by Crippen LogP contribution is -2.18. The highest BCUT2D eigenvalue weighted by Gasteiger charge is 2.41. The summed E-state index contributed by atoms with van der Waals surface area (Å²) in [4.78, 5) is 11.7. The first-order valence-electron chi connectivity index (χ1n) is 6.29. The number of rotatable bonds is 5. The highest BCUT2D eigenvalue weighted by molar-refractivity contribution is 8.00. The zero-order chi connectivity index (χ0) is 14.0. The molecule has 19 heavy (non-hydrogen) atoms. The summed E-state index contributed by atoms with van der Waals surface area (Å²) in [6.07, 6.45) is 4.64. The van der Waals surface area contributed by atoms with Crippen LogP contribution >= 0.6 is 11.8 Å². The largest absolute Gasteiger partial charge is 0.465 e. The van der Waals surface area contributed by atoms with Gasteiger partial charge in [-0.05, 0) is 43.7 Å². The van der Waals surface area contributed by atoms with Gasteiger partial charge in [-0.25, -0.2) is 4.79 Å². The maximum atomic E-state index is 11.7. The first kappa shape index (κ1) is 14.1. The molecule has 1 aromatic carbocycles. The summed E-state index contributed by atoms with van der Waals surface area (Å²) in [6, 6.07) is 3.74. The van der Waals surface area contributed by atoms with E-state index in [9.17, 15) is 4.79 Å². The van der Waals surface area contributed by atoms with Gasteiger partial charge in [0, 0.05) is 22.7 Å². The van der Waals surface area contributed by atoms with Crippen LogP contribution in [0.1, 0.15) is 28.8 Å². The molecule has 1 aliphatic carbocycles. The Kier molecular flexibility index (Phi) is 3.94. The minimum absolute atomic E-state index is 0.376. The number of esters is 1. The molecule has 1 aromatic rings. The van der Waals surface area contributed by atoms with E-state index >= 15 is 0 Å². The molecule has 0 aromatic heterocycles. The Morgan fingerprint density at radius 3 is 2.74 bits per heavy atom. The summed E-state index contributed by atoms with van der Waals surface area (Å²) < 4.78 is 5.13. The van der Waals surface area contributed by atoms with Gasteiger partial charge < -0.3 is 15.8 Å². The fourth-order valence-electron chi connectivity index (χ4n) is 2.03. The number of aryl methyl sites for hydroxylation is 1. The average molecular weight is 280 g/mol. The lowest BCUT2D eigenvalue weighted by molar-refractivity contribution is 0.0602. The van der Waals surface area contributed by atoms with Gasteiger partial charge in [-0.15, -0.1) is 0 Å². The molecule has 1 fully saturated rings. The number of hydrogen-bond donors (Lipinski definition) is 2. The normalized spacial score (nSPS) is 15.9. The number of nitrogen functional groups attached to an aromatic ring is 1. The van der Waals surface area contributed by atoms with Crippen LogP contribution in [0.25, 0.3) is 0 Å². The smallest absolute Gasteiger partial charge is 0.340 e. The van der Waals surface area contributed by atoms with Gasteiger partial charge in [0.1, 0.15) is 0 Å². The first-order valence-corrected chi connectivity index (χ1v) is 7.51. The third kappa shape index (κ3) is 2.97. The van der Waals surface area contributed by atoms with Crippen molar-refractivity contribution in [1.29, 1.82) is 0 Å². The van der Waals surface area contributed by atoms with Crippen molar-refractivity contribution < 1.29 is 9.53 Å². The third-order valence-corrected chi connectivity index (χ3v) is 5.07. The average Bonchev–Trinajstić information content (AvgIpc) is 3.19. The number of thioether (sulfide) groups is 1. The monoisotopic (exact) mass is 280 g/mol. The van der Waals surface area contributed by atoms with Gasteiger partial charge in [-0.3, -0.25) is 0 Å². The number of ether oxygens (including phenoxy) is 1. The number of anilines is 2. The van der Waals surface area contributed by atoms with Crippen LogP contribution in [0.15, 0.2) is 12.1 Å². The fourth-order valence-corrected chi connectivity index (χ4v) is 2.76. The second-order valence-corrected chi connectivity index (χ2v) is 6.26. The summed E-state index contributed by atoms with van der Waals surface area (Å²) in [5.74, 6) is -0.393. The Morgan fingerprint density at radius 2 is 2.21 bits per heavy atom. The molecule has 0 amide bonds.